The van der Waals surface area contributed by atoms with Gasteiger partial charge >= 0.3 is 0 Å². The van der Waals surface area contributed by atoms with Crippen LogP contribution < -0.4 is 16.0 Å². The molecule has 2 rings (SSSR count). The lowest BCUT2D eigenvalue weighted by molar-refractivity contribution is -0.114. The van der Waals surface area contributed by atoms with Crippen LogP contribution in [-0.4, -0.2) is 31.5 Å². The van der Waals surface area contributed by atoms with E-state index in [0.29, 0.717) is 0 Å². The largest absolute Gasteiger partial charge is 0.357 e. The van der Waals surface area contributed by atoms with E-state index in [9.17, 15) is 4.79 Å². The molecule has 0 saturated heterocycles. The molecule has 1 amide bonds. The normalized spacial score (nSPS) is 11.5. The zero-order valence-electron chi connectivity index (χ0n) is 17.0. The number of rotatable bonds is 8. The summed E-state index contributed by atoms with van der Waals surface area (Å²) in [5.41, 5.74) is 2.06. The van der Waals surface area contributed by atoms with Gasteiger partial charge in [-0.25, -0.2) is 0 Å². The molecule has 1 heterocycles. The molecule has 0 bridgehead atoms. The van der Waals surface area contributed by atoms with Crippen molar-refractivity contribution in [3.63, 3.8) is 0 Å². The number of hydrogen-bond acceptors (Lipinski definition) is 3. The molecule has 0 atom stereocenters. The molecule has 154 valence electrons. The fourth-order valence-corrected chi connectivity index (χ4v) is 3.49. The number of carbonyl (C=O) groups is 1. The molecule has 0 unspecified atom stereocenters. The second-order valence-electron chi connectivity index (χ2n) is 7.11. The topological polar surface area (TPSA) is 65.5 Å². The molecule has 0 aliphatic carbocycles. The Labute approximate surface area is 189 Å². The lowest BCUT2D eigenvalue weighted by Crippen LogP contribution is -2.39. The average molecular weight is 514 g/mol. The smallest absolute Gasteiger partial charge is 0.221 e. The maximum Gasteiger partial charge on any atom is 0.221 e. The molecule has 1 aromatic heterocycles. The molecule has 1 aromatic carbocycles. The number of thiophene rings is 1. The number of halogens is 1. The Balaban J connectivity index is 0.00000392. The van der Waals surface area contributed by atoms with E-state index in [0.717, 1.165) is 37.7 Å². The van der Waals surface area contributed by atoms with Crippen molar-refractivity contribution in [2.24, 2.45) is 4.99 Å². The molecule has 2 aromatic rings. The van der Waals surface area contributed by atoms with E-state index in [2.05, 4.69) is 54.2 Å². The highest BCUT2D eigenvalue weighted by atomic mass is 127. The molecule has 0 spiro atoms. The van der Waals surface area contributed by atoms with Crippen LogP contribution >= 0.6 is 35.3 Å². The summed E-state index contributed by atoms with van der Waals surface area (Å²) in [5, 5.41) is 11.6. The van der Waals surface area contributed by atoms with Gasteiger partial charge in [-0.3, -0.25) is 9.79 Å². The minimum Gasteiger partial charge on any atom is -0.357 e. The maximum atomic E-state index is 11.1. The van der Waals surface area contributed by atoms with Crippen LogP contribution in [0, 0.1) is 0 Å². The number of aliphatic imine (C=N–C) groups is 1. The third kappa shape index (κ3) is 8.18. The highest BCUT2D eigenvalue weighted by molar-refractivity contribution is 14.0. The number of amides is 1. The van der Waals surface area contributed by atoms with E-state index in [1.807, 2.05) is 24.3 Å². The first kappa shape index (κ1) is 24.4. The second kappa shape index (κ2) is 12.1. The molecule has 5 nitrogen and oxygen atoms in total. The second-order valence-corrected chi connectivity index (χ2v) is 8.06. The van der Waals surface area contributed by atoms with Gasteiger partial charge in [0.15, 0.2) is 5.96 Å². The Kier molecular flexibility index (Phi) is 10.5. The third-order valence-corrected chi connectivity index (χ3v) is 5.38. The predicted molar refractivity (Wildman–Crippen MR) is 131 cm³/mol. The molecular weight excluding hydrogens is 483 g/mol. The molecule has 3 N–H and O–H groups in total. The van der Waals surface area contributed by atoms with Gasteiger partial charge in [-0.1, -0.05) is 32.0 Å². The van der Waals surface area contributed by atoms with Crippen LogP contribution in [0.1, 0.15) is 38.1 Å². The Hall–Kier alpha value is -1.61. The fourth-order valence-electron chi connectivity index (χ4n) is 2.64. The monoisotopic (exact) mass is 514 g/mol. The van der Waals surface area contributed by atoms with Gasteiger partial charge in [0.2, 0.25) is 5.91 Å². The number of carbonyl (C=O) groups excluding carboxylic acids is 1. The van der Waals surface area contributed by atoms with E-state index < -0.39 is 0 Å². The number of benzene rings is 1. The minimum absolute atomic E-state index is 0. The standard InChI is InChI=1S/C21H30N4OS.HI/c1-5-22-20(24-15-21(3,4)19-7-6-14-27-19)23-13-12-17-8-10-18(11-9-17)25-16(2)26;/h6-11,14H,5,12-13,15H2,1-4H3,(H,25,26)(H2,22,23,24);1H. The zero-order valence-corrected chi connectivity index (χ0v) is 20.2. The number of anilines is 1. The summed E-state index contributed by atoms with van der Waals surface area (Å²) in [7, 11) is 0. The molecule has 28 heavy (non-hydrogen) atoms. The van der Waals surface area contributed by atoms with E-state index in [1.165, 1.54) is 17.4 Å². The number of hydrogen-bond donors (Lipinski definition) is 3. The molecule has 0 fully saturated rings. The van der Waals surface area contributed by atoms with Gasteiger partial charge < -0.3 is 16.0 Å². The van der Waals surface area contributed by atoms with Gasteiger partial charge in [-0.15, -0.1) is 35.3 Å². The molecule has 0 saturated carbocycles. The molecule has 0 radical (unpaired) electrons. The van der Waals surface area contributed by atoms with Crippen LogP contribution in [0.25, 0.3) is 0 Å². The molecule has 0 aliphatic heterocycles. The van der Waals surface area contributed by atoms with Gasteiger partial charge in [-0.2, -0.15) is 0 Å². The van der Waals surface area contributed by atoms with Crippen molar-refractivity contribution in [2.75, 3.05) is 25.0 Å². The summed E-state index contributed by atoms with van der Waals surface area (Å²) in [6.45, 7) is 10.4. The van der Waals surface area contributed by atoms with Gasteiger partial charge in [0.05, 0.1) is 6.54 Å². The van der Waals surface area contributed by atoms with Crippen molar-refractivity contribution in [3.8, 4) is 0 Å². The van der Waals surface area contributed by atoms with Crippen LogP contribution in [0.4, 0.5) is 5.69 Å². The van der Waals surface area contributed by atoms with Crippen LogP contribution in [0.3, 0.4) is 0 Å². The Morgan fingerprint density at radius 1 is 1.14 bits per heavy atom. The van der Waals surface area contributed by atoms with Crippen molar-refractivity contribution >= 4 is 52.9 Å². The van der Waals surface area contributed by atoms with E-state index in [4.69, 9.17) is 4.99 Å². The first-order valence-electron chi connectivity index (χ1n) is 9.33. The van der Waals surface area contributed by atoms with E-state index in [1.54, 1.807) is 11.3 Å². The summed E-state index contributed by atoms with van der Waals surface area (Å²) in [4.78, 5) is 17.2. The molecule has 7 heteroatoms. The van der Waals surface area contributed by atoms with E-state index >= 15 is 0 Å². The summed E-state index contributed by atoms with van der Waals surface area (Å²) in [5.74, 6) is 0.790. The summed E-state index contributed by atoms with van der Waals surface area (Å²) < 4.78 is 0. The Morgan fingerprint density at radius 3 is 2.43 bits per heavy atom. The van der Waals surface area contributed by atoms with Crippen molar-refractivity contribution in [1.82, 2.24) is 10.6 Å². The molecule has 0 aliphatic rings. The van der Waals surface area contributed by atoms with Crippen LogP contribution in [0.2, 0.25) is 0 Å². The highest BCUT2D eigenvalue weighted by Crippen LogP contribution is 2.27. The van der Waals surface area contributed by atoms with Crippen molar-refractivity contribution < 1.29 is 4.79 Å². The van der Waals surface area contributed by atoms with Crippen molar-refractivity contribution in [3.05, 3.63) is 52.2 Å². The first-order chi connectivity index (χ1) is 12.9. The van der Waals surface area contributed by atoms with Gasteiger partial charge in [0.25, 0.3) is 0 Å². The zero-order chi connectivity index (χ0) is 19.7. The average Bonchev–Trinajstić information content (AvgIpc) is 3.16. The summed E-state index contributed by atoms with van der Waals surface area (Å²) >= 11 is 1.78. The summed E-state index contributed by atoms with van der Waals surface area (Å²) in [6, 6.07) is 12.2. The van der Waals surface area contributed by atoms with Gasteiger partial charge in [-0.05, 0) is 42.5 Å². The maximum absolute atomic E-state index is 11.1. The van der Waals surface area contributed by atoms with Crippen LogP contribution in [0.15, 0.2) is 46.8 Å². The number of nitrogens with one attached hydrogen (secondary N) is 3. The highest BCUT2D eigenvalue weighted by Gasteiger charge is 2.21. The van der Waals surface area contributed by atoms with Gasteiger partial charge in [0, 0.05) is 36.0 Å². The third-order valence-electron chi connectivity index (χ3n) is 4.15. The lowest BCUT2D eigenvalue weighted by atomic mass is 9.92. The minimum atomic E-state index is -0.0543. The van der Waals surface area contributed by atoms with Crippen LogP contribution in [-0.2, 0) is 16.6 Å². The molecular formula is C21H31IN4OS. The van der Waals surface area contributed by atoms with Gasteiger partial charge in [0.1, 0.15) is 0 Å². The number of guanidine groups is 1. The number of nitrogens with zero attached hydrogens (tertiary/aromatic N) is 1. The first-order valence-corrected chi connectivity index (χ1v) is 10.2. The fraction of sp³-hybridized carbons (Fsp3) is 0.429. The predicted octanol–water partition coefficient (Wildman–Crippen LogP) is 4.40. The van der Waals surface area contributed by atoms with Crippen molar-refractivity contribution in [2.45, 2.75) is 39.5 Å². The quantitative estimate of drug-likeness (QED) is 0.278. The lowest BCUT2D eigenvalue weighted by Gasteiger charge is -2.21. The summed E-state index contributed by atoms with van der Waals surface area (Å²) in [6.07, 6.45) is 0.888. The van der Waals surface area contributed by atoms with E-state index in [-0.39, 0.29) is 35.3 Å². The van der Waals surface area contributed by atoms with Crippen molar-refractivity contribution in [1.29, 1.82) is 0 Å². The Bertz CT molecular complexity index is 742. The van der Waals surface area contributed by atoms with Crippen LogP contribution in [0.5, 0.6) is 0 Å². The SMILES string of the molecule is CCNC(=NCC(C)(C)c1cccs1)NCCc1ccc(NC(C)=O)cc1.I. The Morgan fingerprint density at radius 2 is 1.86 bits per heavy atom.